The van der Waals surface area contributed by atoms with Gasteiger partial charge in [0, 0.05) is 0 Å². The number of carbonyl (C=O) groups is 1. The van der Waals surface area contributed by atoms with Gasteiger partial charge in [-0.15, -0.1) is 13.2 Å². The molecular formula is C17H15F3N2O2. The number of carbonyl (C=O) groups excluding carboxylic acids is 1. The number of fused-ring (bicyclic) bond motifs is 1. The van der Waals surface area contributed by atoms with E-state index < -0.39 is 11.9 Å². The van der Waals surface area contributed by atoms with Gasteiger partial charge in [-0.1, -0.05) is 18.2 Å². The van der Waals surface area contributed by atoms with E-state index in [1.807, 2.05) is 12.1 Å². The van der Waals surface area contributed by atoms with Crippen LogP contribution in [0.4, 0.5) is 24.5 Å². The highest BCUT2D eigenvalue weighted by molar-refractivity contribution is 6.06. The van der Waals surface area contributed by atoms with Crippen molar-refractivity contribution in [2.24, 2.45) is 0 Å². The molecule has 4 nitrogen and oxygen atoms in total. The molecule has 0 saturated heterocycles. The average molecular weight is 336 g/mol. The molecule has 0 radical (unpaired) electrons. The first-order chi connectivity index (χ1) is 11.1. The molecule has 0 fully saturated rings. The van der Waals surface area contributed by atoms with Crippen LogP contribution in [0.1, 0.15) is 13.8 Å². The maximum Gasteiger partial charge on any atom is 0.573 e. The molecule has 1 amide bonds. The van der Waals surface area contributed by atoms with E-state index >= 15 is 0 Å². The normalized spacial score (nSPS) is 16.0. The molecule has 2 aromatic rings. The Morgan fingerprint density at radius 3 is 2.21 bits per heavy atom. The Morgan fingerprint density at radius 1 is 0.958 bits per heavy atom. The van der Waals surface area contributed by atoms with Crippen LogP contribution in [0.15, 0.2) is 42.5 Å². The van der Waals surface area contributed by atoms with Crippen molar-refractivity contribution >= 4 is 17.3 Å². The molecule has 7 heteroatoms. The van der Waals surface area contributed by atoms with Crippen molar-refractivity contribution in [3.05, 3.63) is 42.5 Å². The molecule has 0 atom stereocenters. The molecular weight excluding hydrogens is 321 g/mol. The summed E-state index contributed by atoms with van der Waals surface area (Å²) in [5.74, 6) is -0.429. The van der Waals surface area contributed by atoms with E-state index in [9.17, 15) is 18.0 Å². The third-order valence-corrected chi connectivity index (χ3v) is 3.70. The summed E-state index contributed by atoms with van der Waals surface area (Å²) in [7, 11) is 0. The van der Waals surface area contributed by atoms with Crippen molar-refractivity contribution in [2.75, 3.05) is 10.6 Å². The SMILES string of the molecule is CC1(C)Nc2ccc(-c3ccc(OC(F)(F)F)cc3)cc2NC1=O. The molecule has 3 rings (SSSR count). The molecule has 0 spiro atoms. The lowest BCUT2D eigenvalue weighted by molar-refractivity contribution is -0.274. The van der Waals surface area contributed by atoms with Gasteiger partial charge in [0.1, 0.15) is 11.3 Å². The van der Waals surface area contributed by atoms with Gasteiger partial charge in [0.2, 0.25) is 5.91 Å². The topological polar surface area (TPSA) is 50.4 Å². The largest absolute Gasteiger partial charge is 0.573 e. The molecule has 0 saturated carbocycles. The van der Waals surface area contributed by atoms with Gasteiger partial charge < -0.3 is 15.4 Å². The first kappa shape index (κ1) is 16.2. The summed E-state index contributed by atoms with van der Waals surface area (Å²) in [5, 5.41) is 5.97. The number of anilines is 2. The number of ether oxygens (including phenoxy) is 1. The van der Waals surface area contributed by atoms with Crippen LogP contribution in [-0.2, 0) is 4.79 Å². The van der Waals surface area contributed by atoms with Crippen LogP contribution in [0.5, 0.6) is 5.75 Å². The van der Waals surface area contributed by atoms with E-state index in [-0.39, 0.29) is 11.7 Å². The summed E-state index contributed by atoms with van der Waals surface area (Å²) in [6, 6.07) is 11.0. The highest BCUT2D eigenvalue weighted by Crippen LogP contribution is 2.35. The average Bonchev–Trinajstić information content (AvgIpc) is 2.47. The van der Waals surface area contributed by atoms with E-state index in [1.54, 1.807) is 19.9 Å². The molecule has 0 bridgehead atoms. The number of hydrogen-bond donors (Lipinski definition) is 2. The fourth-order valence-electron chi connectivity index (χ4n) is 2.46. The first-order valence-corrected chi connectivity index (χ1v) is 7.24. The third-order valence-electron chi connectivity index (χ3n) is 3.70. The molecule has 1 heterocycles. The summed E-state index contributed by atoms with van der Waals surface area (Å²) in [4.78, 5) is 12.0. The fourth-order valence-corrected chi connectivity index (χ4v) is 2.46. The zero-order chi connectivity index (χ0) is 17.5. The molecule has 2 aromatic carbocycles. The third kappa shape index (κ3) is 3.29. The van der Waals surface area contributed by atoms with Gasteiger partial charge in [-0.3, -0.25) is 4.79 Å². The lowest BCUT2D eigenvalue weighted by Crippen LogP contribution is -2.47. The second-order valence-corrected chi connectivity index (χ2v) is 6.04. The molecule has 126 valence electrons. The lowest BCUT2D eigenvalue weighted by atomic mass is 9.97. The van der Waals surface area contributed by atoms with Gasteiger partial charge in [0.25, 0.3) is 0 Å². The van der Waals surface area contributed by atoms with Gasteiger partial charge in [0.15, 0.2) is 0 Å². The number of hydrogen-bond acceptors (Lipinski definition) is 3. The monoisotopic (exact) mass is 336 g/mol. The lowest BCUT2D eigenvalue weighted by Gasteiger charge is -2.33. The molecule has 0 aromatic heterocycles. The molecule has 1 aliphatic heterocycles. The van der Waals surface area contributed by atoms with E-state index in [1.165, 1.54) is 24.3 Å². The maximum atomic E-state index is 12.2. The summed E-state index contributed by atoms with van der Waals surface area (Å²) in [6.07, 6.45) is -4.71. The van der Waals surface area contributed by atoms with Gasteiger partial charge in [-0.25, -0.2) is 0 Å². The Kier molecular flexibility index (Phi) is 3.66. The van der Waals surface area contributed by atoms with E-state index in [4.69, 9.17) is 0 Å². The zero-order valence-corrected chi connectivity index (χ0v) is 13.0. The second-order valence-electron chi connectivity index (χ2n) is 6.04. The van der Waals surface area contributed by atoms with Crippen molar-refractivity contribution in [1.82, 2.24) is 0 Å². The predicted molar refractivity (Wildman–Crippen MR) is 84.9 cm³/mol. The van der Waals surface area contributed by atoms with Crippen LogP contribution >= 0.6 is 0 Å². The predicted octanol–water partition coefficient (Wildman–Crippen LogP) is 4.39. The van der Waals surface area contributed by atoms with Gasteiger partial charge >= 0.3 is 6.36 Å². The van der Waals surface area contributed by atoms with Crippen LogP contribution in [0.3, 0.4) is 0 Å². The number of rotatable bonds is 2. The minimum absolute atomic E-state index is 0.152. The quantitative estimate of drug-likeness (QED) is 0.855. The summed E-state index contributed by atoms with van der Waals surface area (Å²) >= 11 is 0. The van der Waals surface area contributed by atoms with Crippen LogP contribution in [0.25, 0.3) is 11.1 Å². The smallest absolute Gasteiger partial charge is 0.406 e. The Bertz CT molecular complexity index is 783. The van der Waals surface area contributed by atoms with Crippen molar-refractivity contribution in [2.45, 2.75) is 25.7 Å². The van der Waals surface area contributed by atoms with Crippen LogP contribution in [0.2, 0.25) is 0 Å². The van der Waals surface area contributed by atoms with E-state index in [2.05, 4.69) is 15.4 Å². The molecule has 2 N–H and O–H groups in total. The number of alkyl halides is 3. The minimum atomic E-state index is -4.71. The summed E-state index contributed by atoms with van der Waals surface area (Å²) in [6.45, 7) is 3.55. The first-order valence-electron chi connectivity index (χ1n) is 7.24. The standard InChI is InChI=1S/C17H15F3N2O2/c1-16(2)15(23)21-14-9-11(5-8-13(14)22-16)10-3-6-12(7-4-10)24-17(18,19)20/h3-9,22H,1-2H3,(H,21,23). The Labute approximate surface area is 136 Å². The zero-order valence-electron chi connectivity index (χ0n) is 13.0. The number of nitrogens with one attached hydrogen (secondary N) is 2. The van der Waals surface area contributed by atoms with Crippen LogP contribution in [-0.4, -0.2) is 17.8 Å². The second kappa shape index (κ2) is 5.43. The molecule has 0 unspecified atom stereocenters. The maximum absolute atomic E-state index is 12.2. The van der Waals surface area contributed by atoms with Crippen molar-refractivity contribution in [3.63, 3.8) is 0 Å². The molecule has 1 aliphatic rings. The number of halogens is 3. The number of amides is 1. The van der Waals surface area contributed by atoms with Gasteiger partial charge in [0.05, 0.1) is 11.4 Å². The summed E-state index contributed by atoms with van der Waals surface area (Å²) in [5.41, 5.74) is 2.21. The van der Waals surface area contributed by atoms with Gasteiger partial charge in [-0.05, 0) is 49.2 Å². The Balaban J connectivity index is 1.86. The number of benzene rings is 2. The van der Waals surface area contributed by atoms with Crippen molar-refractivity contribution < 1.29 is 22.7 Å². The van der Waals surface area contributed by atoms with Crippen molar-refractivity contribution in [1.29, 1.82) is 0 Å². The van der Waals surface area contributed by atoms with Crippen LogP contribution in [0, 0.1) is 0 Å². The minimum Gasteiger partial charge on any atom is -0.406 e. The Morgan fingerprint density at radius 2 is 1.58 bits per heavy atom. The molecule has 0 aliphatic carbocycles. The van der Waals surface area contributed by atoms with Gasteiger partial charge in [-0.2, -0.15) is 0 Å². The van der Waals surface area contributed by atoms with E-state index in [0.29, 0.717) is 11.3 Å². The Hall–Kier alpha value is -2.70. The highest BCUT2D eigenvalue weighted by Gasteiger charge is 2.33. The van der Waals surface area contributed by atoms with Crippen LogP contribution < -0.4 is 15.4 Å². The van der Waals surface area contributed by atoms with Crippen molar-refractivity contribution in [3.8, 4) is 16.9 Å². The summed E-state index contributed by atoms with van der Waals surface area (Å²) < 4.78 is 40.4. The van der Waals surface area contributed by atoms with E-state index in [0.717, 1.165) is 11.3 Å². The highest BCUT2D eigenvalue weighted by atomic mass is 19.4. The molecule has 24 heavy (non-hydrogen) atoms. The fraction of sp³-hybridized carbons (Fsp3) is 0.235.